The Balaban J connectivity index is 2.89. The van der Waals surface area contributed by atoms with Crippen LogP contribution in [0.3, 0.4) is 0 Å². The Morgan fingerprint density at radius 2 is 1.93 bits per heavy atom. The topological polar surface area (TPSA) is 69.6 Å². The first-order valence-electron chi connectivity index (χ1n) is 4.07. The van der Waals surface area contributed by atoms with E-state index in [-0.39, 0.29) is 17.1 Å². The van der Waals surface area contributed by atoms with Crippen molar-refractivity contribution in [2.24, 2.45) is 0 Å². The first kappa shape index (κ1) is 10.7. The molecule has 1 aromatic rings. The first-order chi connectivity index (χ1) is 6.66. The Morgan fingerprint density at radius 1 is 1.36 bits per heavy atom. The van der Waals surface area contributed by atoms with Gasteiger partial charge in [-0.05, 0) is 12.1 Å². The van der Waals surface area contributed by atoms with Gasteiger partial charge in [-0.15, -0.1) is 0 Å². The van der Waals surface area contributed by atoms with Gasteiger partial charge < -0.3 is 15.5 Å². The van der Waals surface area contributed by atoms with Crippen LogP contribution in [0.5, 0.6) is 11.5 Å². The molecule has 4 nitrogen and oxygen atoms in total. The SMILES string of the molecule is O=C(NCCS)c1c(O)cccc1O. The number of nitrogens with one attached hydrogen (secondary N) is 1. The van der Waals surface area contributed by atoms with E-state index in [0.29, 0.717) is 12.3 Å². The summed E-state index contributed by atoms with van der Waals surface area (Å²) in [5.41, 5.74) is -0.103. The summed E-state index contributed by atoms with van der Waals surface area (Å²) >= 11 is 3.92. The Labute approximate surface area is 87.0 Å². The Morgan fingerprint density at radius 3 is 2.43 bits per heavy atom. The van der Waals surface area contributed by atoms with E-state index < -0.39 is 5.91 Å². The van der Waals surface area contributed by atoms with Gasteiger partial charge in [-0.25, -0.2) is 0 Å². The zero-order valence-corrected chi connectivity index (χ0v) is 8.29. The molecule has 0 spiro atoms. The summed E-state index contributed by atoms with van der Waals surface area (Å²) in [7, 11) is 0. The molecule has 14 heavy (non-hydrogen) atoms. The predicted octanol–water partition coefficient (Wildman–Crippen LogP) is 0.757. The molecule has 1 rings (SSSR count). The Hall–Kier alpha value is -1.36. The molecule has 0 bridgehead atoms. The van der Waals surface area contributed by atoms with Crippen molar-refractivity contribution < 1.29 is 15.0 Å². The van der Waals surface area contributed by atoms with Crippen LogP contribution in [0, 0.1) is 0 Å². The highest BCUT2D eigenvalue weighted by atomic mass is 32.1. The van der Waals surface area contributed by atoms with E-state index in [9.17, 15) is 15.0 Å². The summed E-state index contributed by atoms with van der Waals surface area (Å²) < 4.78 is 0. The van der Waals surface area contributed by atoms with Gasteiger partial charge in [0.25, 0.3) is 5.91 Å². The fourth-order valence-corrected chi connectivity index (χ4v) is 1.13. The van der Waals surface area contributed by atoms with E-state index in [0.717, 1.165) is 0 Å². The zero-order valence-electron chi connectivity index (χ0n) is 7.40. The number of benzene rings is 1. The fourth-order valence-electron chi connectivity index (χ4n) is 1.02. The molecule has 0 heterocycles. The largest absolute Gasteiger partial charge is 0.507 e. The van der Waals surface area contributed by atoms with Gasteiger partial charge in [0.2, 0.25) is 0 Å². The number of phenolic OH excluding ortho intramolecular Hbond substituents is 2. The third-order valence-corrected chi connectivity index (χ3v) is 1.87. The van der Waals surface area contributed by atoms with Gasteiger partial charge in [0.05, 0.1) is 0 Å². The number of hydrogen-bond donors (Lipinski definition) is 4. The lowest BCUT2D eigenvalue weighted by Crippen LogP contribution is -2.25. The van der Waals surface area contributed by atoms with Crippen molar-refractivity contribution in [3.05, 3.63) is 23.8 Å². The van der Waals surface area contributed by atoms with Crippen molar-refractivity contribution in [2.45, 2.75) is 0 Å². The molecule has 0 aliphatic rings. The standard InChI is InChI=1S/C9H11NO3S/c11-6-2-1-3-7(12)8(6)9(13)10-4-5-14/h1-3,11-12,14H,4-5H2,(H,10,13). The molecule has 0 atom stereocenters. The Kier molecular flexibility index (Phi) is 3.64. The highest BCUT2D eigenvalue weighted by molar-refractivity contribution is 7.80. The molecule has 76 valence electrons. The Bertz CT molecular complexity index is 321. The minimum Gasteiger partial charge on any atom is -0.507 e. The van der Waals surface area contributed by atoms with E-state index in [4.69, 9.17) is 0 Å². The molecule has 0 saturated heterocycles. The highest BCUT2D eigenvalue weighted by Gasteiger charge is 2.14. The molecule has 0 aromatic heterocycles. The quantitative estimate of drug-likeness (QED) is 0.560. The van der Waals surface area contributed by atoms with Crippen LogP contribution >= 0.6 is 12.6 Å². The maximum Gasteiger partial charge on any atom is 0.258 e. The van der Waals surface area contributed by atoms with Crippen molar-refractivity contribution in [2.75, 3.05) is 12.3 Å². The molecule has 0 aliphatic heterocycles. The lowest BCUT2D eigenvalue weighted by molar-refractivity contribution is 0.0951. The second-order valence-corrected chi connectivity index (χ2v) is 3.10. The minimum absolute atomic E-state index is 0.103. The van der Waals surface area contributed by atoms with Crippen LogP contribution in [-0.2, 0) is 0 Å². The van der Waals surface area contributed by atoms with E-state index in [1.165, 1.54) is 18.2 Å². The number of amides is 1. The predicted molar refractivity (Wildman–Crippen MR) is 56.0 cm³/mol. The van der Waals surface area contributed by atoms with E-state index >= 15 is 0 Å². The zero-order chi connectivity index (χ0) is 10.6. The molecular weight excluding hydrogens is 202 g/mol. The molecule has 1 amide bonds. The third-order valence-electron chi connectivity index (χ3n) is 1.64. The average Bonchev–Trinajstić information content (AvgIpc) is 2.14. The van der Waals surface area contributed by atoms with Crippen LogP contribution in [0.15, 0.2) is 18.2 Å². The summed E-state index contributed by atoms with van der Waals surface area (Å²) in [5, 5.41) is 21.1. The monoisotopic (exact) mass is 213 g/mol. The van der Waals surface area contributed by atoms with E-state index in [1.807, 2.05) is 0 Å². The van der Waals surface area contributed by atoms with Gasteiger partial charge in [-0.3, -0.25) is 4.79 Å². The van der Waals surface area contributed by atoms with Crippen molar-refractivity contribution in [1.29, 1.82) is 0 Å². The summed E-state index contributed by atoms with van der Waals surface area (Å²) in [6, 6.07) is 4.14. The first-order valence-corrected chi connectivity index (χ1v) is 4.70. The molecule has 5 heteroatoms. The van der Waals surface area contributed by atoms with Gasteiger partial charge in [0.1, 0.15) is 17.1 Å². The molecule has 0 unspecified atom stereocenters. The maximum atomic E-state index is 11.4. The van der Waals surface area contributed by atoms with Crippen LogP contribution in [-0.4, -0.2) is 28.4 Å². The molecule has 0 fully saturated rings. The number of aromatic hydroxyl groups is 2. The summed E-state index contributed by atoms with van der Waals surface area (Å²) in [6.45, 7) is 0.385. The summed E-state index contributed by atoms with van der Waals surface area (Å²) in [4.78, 5) is 11.4. The number of carbonyl (C=O) groups excluding carboxylic acids is 1. The summed E-state index contributed by atoms with van der Waals surface area (Å²) in [6.07, 6.45) is 0. The van der Waals surface area contributed by atoms with Crippen LogP contribution in [0.25, 0.3) is 0 Å². The lowest BCUT2D eigenvalue weighted by Gasteiger charge is -2.06. The van der Waals surface area contributed by atoms with Crippen molar-refractivity contribution in [3.63, 3.8) is 0 Å². The normalized spacial score (nSPS) is 9.79. The number of phenols is 2. The molecular formula is C9H11NO3S. The third kappa shape index (κ3) is 2.32. The van der Waals surface area contributed by atoms with Gasteiger partial charge in [0.15, 0.2) is 0 Å². The molecule has 1 aromatic carbocycles. The molecule has 0 saturated carbocycles. The van der Waals surface area contributed by atoms with Gasteiger partial charge in [0, 0.05) is 12.3 Å². The molecule has 3 N–H and O–H groups in total. The number of rotatable bonds is 3. The van der Waals surface area contributed by atoms with Crippen molar-refractivity contribution >= 4 is 18.5 Å². The van der Waals surface area contributed by atoms with Crippen molar-refractivity contribution in [1.82, 2.24) is 5.32 Å². The average molecular weight is 213 g/mol. The van der Waals surface area contributed by atoms with Crippen LogP contribution in [0.2, 0.25) is 0 Å². The van der Waals surface area contributed by atoms with E-state index in [1.54, 1.807) is 0 Å². The van der Waals surface area contributed by atoms with E-state index in [2.05, 4.69) is 17.9 Å². The molecule has 0 radical (unpaired) electrons. The number of hydrogen-bond acceptors (Lipinski definition) is 4. The van der Waals surface area contributed by atoms with Crippen LogP contribution < -0.4 is 5.32 Å². The van der Waals surface area contributed by atoms with Crippen molar-refractivity contribution in [3.8, 4) is 11.5 Å². The van der Waals surface area contributed by atoms with Gasteiger partial charge >= 0.3 is 0 Å². The second kappa shape index (κ2) is 4.76. The maximum absolute atomic E-state index is 11.4. The van der Waals surface area contributed by atoms with Gasteiger partial charge in [-0.1, -0.05) is 6.07 Å². The van der Waals surface area contributed by atoms with Crippen LogP contribution in [0.4, 0.5) is 0 Å². The highest BCUT2D eigenvalue weighted by Crippen LogP contribution is 2.25. The minimum atomic E-state index is -0.505. The number of thiol groups is 1. The molecule has 0 aliphatic carbocycles. The second-order valence-electron chi connectivity index (χ2n) is 2.65. The smallest absolute Gasteiger partial charge is 0.258 e. The lowest BCUT2D eigenvalue weighted by atomic mass is 10.1. The summed E-state index contributed by atoms with van der Waals surface area (Å²) in [5.74, 6) is -0.474. The van der Waals surface area contributed by atoms with Gasteiger partial charge in [-0.2, -0.15) is 12.6 Å². The van der Waals surface area contributed by atoms with Crippen LogP contribution in [0.1, 0.15) is 10.4 Å². The number of carbonyl (C=O) groups is 1. The fraction of sp³-hybridized carbons (Fsp3) is 0.222.